The zero-order chi connectivity index (χ0) is 14.6. The summed E-state index contributed by atoms with van der Waals surface area (Å²) < 4.78 is 0. The predicted molar refractivity (Wildman–Crippen MR) is 79.0 cm³/mol. The highest BCUT2D eigenvalue weighted by atomic mass is 16.1. The third-order valence-electron chi connectivity index (χ3n) is 3.98. The van der Waals surface area contributed by atoms with Gasteiger partial charge in [0.1, 0.15) is 5.54 Å². The maximum absolute atomic E-state index is 11.7. The molecule has 0 aliphatic carbocycles. The van der Waals surface area contributed by atoms with Crippen LogP contribution in [-0.2, 0) is 4.79 Å². The number of nitrogens with two attached hydrogens (primary N) is 1. The zero-order valence-electron chi connectivity index (χ0n) is 13.1. The molecule has 3 N–H and O–H groups in total. The van der Waals surface area contributed by atoms with E-state index in [1.54, 1.807) is 0 Å². The van der Waals surface area contributed by atoms with Crippen molar-refractivity contribution in [1.82, 2.24) is 15.1 Å². The van der Waals surface area contributed by atoms with Crippen LogP contribution >= 0.6 is 0 Å². The monoisotopic (exact) mass is 270 g/mol. The summed E-state index contributed by atoms with van der Waals surface area (Å²) in [5.74, 6) is -0.268. The molecule has 1 heterocycles. The van der Waals surface area contributed by atoms with Gasteiger partial charge in [0.05, 0.1) is 0 Å². The minimum absolute atomic E-state index is 0.247. The lowest BCUT2D eigenvalue weighted by atomic mass is 9.96. The number of amides is 1. The Labute approximate surface area is 117 Å². The lowest BCUT2D eigenvalue weighted by molar-refractivity contribution is -0.125. The van der Waals surface area contributed by atoms with Crippen LogP contribution in [0.3, 0.4) is 0 Å². The lowest BCUT2D eigenvalue weighted by Gasteiger charge is -2.40. The molecule has 0 radical (unpaired) electrons. The third-order valence-corrected chi connectivity index (χ3v) is 3.98. The Balaban J connectivity index is 2.55. The van der Waals surface area contributed by atoms with Gasteiger partial charge < -0.3 is 20.9 Å². The fourth-order valence-electron chi connectivity index (χ4n) is 2.87. The van der Waals surface area contributed by atoms with Crippen molar-refractivity contribution in [2.24, 2.45) is 5.73 Å². The molecular weight excluding hydrogens is 240 g/mol. The van der Waals surface area contributed by atoms with E-state index >= 15 is 0 Å². The van der Waals surface area contributed by atoms with E-state index in [4.69, 9.17) is 5.73 Å². The van der Waals surface area contributed by atoms with Crippen molar-refractivity contribution in [3.63, 3.8) is 0 Å². The number of hydrogen-bond acceptors (Lipinski definition) is 4. The number of carbonyl (C=O) groups excluding carboxylic acids is 1. The summed E-state index contributed by atoms with van der Waals surface area (Å²) in [7, 11) is 4.27. The average molecular weight is 270 g/mol. The largest absolute Gasteiger partial charge is 0.368 e. The Morgan fingerprint density at radius 3 is 2.32 bits per heavy atom. The number of nitrogens with zero attached hydrogens (tertiary/aromatic N) is 2. The van der Waals surface area contributed by atoms with Gasteiger partial charge in [-0.1, -0.05) is 0 Å². The van der Waals surface area contributed by atoms with Gasteiger partial charge in [-0.15, -0.1) is 0 Å². The predicted octanol–water partition coefficient (Wildman–Crippen LogP) is 0.254. The maximum Gasteiger partial charge on any atom is 0.238 e. The summed E-state index contributed by atoms with van der Waals surface area (Å²) in [6.45, 7) is 8.75. The summed E-state index contributed by atoms with van der Waals surface area (Å²) >= 11 is 0. The molecule has 1 atom stereocenters. The van der Waals surface area contributed by atoms with Gasteiger partial charge in [-0.3, -0.25) is 4.79 Å². The molecule has 0 aromatic rings. The van der Waals surface area contributed by atoms with E-state index in [9.17, 15) is 4.79 Å². The van der Waals surface area contributed by atoms with Gasteiger partial charge in [0.2, 0.25) is 5.91 Å². The standard InChI is InChI=1S/C14H30N4O/c1-11(2)16-14(3,13(15)19)10-18-8-6-12(7-9-18)17(4)5/h11-12,16H,6-10H2,1-5H3,(H2,15,19). The molecule has 19 heavy (non-hydrogen) atoms. The van der Waals surface area contributed by atoms with Gasteiger partial charge in [-0.05, 0) is 60.8 Å². The van der Waals surface area contributed by atoms with Crippen LogP contribution in [0.4, 0.5) is 0 Å². The summed E-state index contributed by atoms with van der Waals surface area (Å²) in [4.78, 5) is 16.4. The molecule has 5 heteroatoms. The number of primary amides is 1. The topological polar surface area (TPSA) is 61.6 Å². The number of likely N-dealkylation sites (tertiary alicyclic amines) is 1. The van der Waals surface area contributed by atoms with Crippen LogP contribution in [0.15, 0.2) is 0 Å². The van der Waals surface area contributed by atoms with Gasteiger partial charge in [0.25, 0.3) is 0 Å². The summed E-state index contributed by atoms with van der Waals surface area (Å²) in [6.07, 6.45) is 2.31. The minimum atomic E-state index is -0.640. The van der Waals surface area contributed by atoms with E-state index in [0.29, 0.717) is 12.6 Å². The quantitative estimate of drug-likeness (QED) is 0.726. The summed E-state index contributed by atoms with van der Waals surface area (Å²) in [6, 6.07) is 0.908. The van der Waals surface area contributed by atoms with Crippen LogP contribution in [0, 0.1) is 0 Å². The first-order valence-electron chi connectivity index (χ1n) is 7.21. The first-order valence-corrected chi connectivity index (χ1v) is 7.21. The highest BCUT2D eigenvalue weighted by Crippen LogP contribution is 2.17. The molecule has 0 aromatic heterocycles. The van der Waals surface area contributed by atoms with E-state index in [0.717, 1.165) is 25.9 Å². The molecule has 0 bridgehead atoms. The fraction of sp³-hybridized carbons (Fsp3) is 0.929. The van der Waals surface area contributed by atoms with Crippen molar-refractivity contribution in [1.29, 1.82) is 0 Å². The molecule has 1 aliphatic rings. The molecule has 1 saturated heterocycles. The molecule has 1 amide bonds. The van der Waals surface area contributed by atoms with Crippen LogP contribution < -0.4 is 11.1 Å². The molecule has 1 aliphatic heterocycles. The first kappa shape index (κ1) is 16.4. The Bertz CT molecular complexity index is 298. The fourth-order valence-corrected chi connectivity index (χ4v) is 2.87. The number of rotatable bonds is 6. The first-order chi connectivity index (χ1) is 8.74. The van der Waals surface area contributed by atoms with Gasteiger partial charge in [0, 0.05) is 18.6 Å². The number of carbonyl (C=O) groups is 1. The minimum Gasteiger partial charge on any atom is -0.368 e. The number of hydrogen-bond donors (Lipinski definition) is 2. The van der Waals surface area contributed by atoms with Gasteiger partial charge in [-0.2, -0.15) is 0 Å². The number of nitrogens with one attached hydrogen (secondary N) is 1. The molecule has 112 valence electrons. The van der Waals surface area contributed by atoms with Gasteiger partial charge in [0.15, 0.2) is 0 Å². The van der Waals surface area contributed by atoms with Crippen LogP contribution in [0.1, 0.15) is 33.6 Å². The van der Waals surface area contributed by atoms with Crippen LogP contribution in [0.2, 0.25) is 0 Å². The van der Waals surface area contributed by atoms with Crippen molar-refractivity contribution in [3.8, 4) is 0 Å². The summed E-state index contributed by atoms with van der Waals surface area (Å²) in [5.41, 5.74) is 4.94. The Morgan fingerprint density at radius 2 is 1.95 bits per heavy atom. The molecule has 1 fully saturated rings. The van der Waals surface area contributed by atoms with E-state index in [1.165, 1.54) is 0 Å². The summed E-state index contributed by atoms with van der Waals surface area (Å²) in [5, 5.41) is 3.31. The Kier molecular flexibility index (Phi) is 5.77. The van der Waals surface area contributed by atoms with Crippen molar-refractivity contribution in [2.75, 3.05) is 33.7 Å². The second-order valence-electron chi connectivity index (χ2n) is 6.47. The highest BCUT2D eigenvalue weighted by Gasteiger charge is 2.34. The maximum atomic E-state index is 11.7. The second-order valence-corrected chi connectivity index (χ2v) is 6.47. The van der Waals surface area contributed by atoms with Crippen molar-refractivity contribution in [2.45, 2.75) is 51.2 Å². The van der Waals surface area contributed by atoms with E-state index in [2.05, 4.69) is 29.2 Å². The van der Waals surface area contributed by atoms with E-state index in [-0.39, 0.29) is 11.9 Å². The molecule has 0 aromatic carbocycles. The van der Waals surface area contributed by atoms with Crippen molar-refractivity contribution >= 4 is 5.91 Å². The smallest absolute Gasteiger partial charge is 0.238 e. The van der Waals surface area contributed by atoms with E-state index < -0.39 is 5.54 Å². The van der Waals surface area contributed by atoms with Gasteiger partial charge in [-0.25, -0.2) is 0 Å². The third kappa shape index (κ3) is 4.75. The van der Waals surface area contributed by atoms with Gasteiger partial charge >= 0.3 is 0 Å². The van der Waals surface area contributed by atoms with Crippen LogP contribution in [0.25, 0.3) is 0 Å². The number of piperidine rings is 1. The van der Waals surface area contributed by atoms with Crippen molar-refractivity contribution < 1.29 is 4.79 Å². The Morgan fingerprint density at radius 1 is 1.42 bits per heavy atom. The molecular formula is C14H30N4O. The SMILES string of the molecule is CC(C)NC(C)(CN1CCC(N(C)C)CC1)C(N)=O. The van der Waals surface area contributed by atoms with Crippen molar-refractivity contribution in [3.05, 3.63) is 0 Å². The molecule has 0 saturated carbocycles. The second kappa shape index (κ2) is 6.68. The Hall–Kier alpha value is -0.650. The molecule has 1 unspecified atom stereocenters. The molecule has 5 nitrogen and oxygen atoms in total. The average Bonchev–Trinajstić information content (AvgIpc) is 2.28. The molecule has 0 spiro atoms. The van der Waals surface area contributed by atoms with E-state index in [1.807, 2.05) is 20.8 Å². The van der Waals surface area contributed by atoms with Crippen LogP contribution in [0.5, 0.6) is 0 Å². The lowest BCUT2D eigenvalue weighted by Crippen LogP contribution is -2.62. The zero-order valence-corrected chi connectivity index (χ0v) is 13.1. The molecule has 1 rings (SSSR count). The highest BCUT2D eigenvalue weighted by molar-refractivity contribution is 5.84. The van der Waals surface area contributed by atoms with Crippen LogP contribution in [-0.4, -0.2) is 67.1 Å². The normalized spacial score (nSPS) is 21.8.